The van der Waals surface area contributed by atoms with Crippen molar-refractivity contribution < 1.29 is 9.59 Å². The summed E-state index contributed by atoms with van der Waals surface area (Å²) in [5.41, 5.74) is 2.98. The van der Waals surface area contributed by atoms with Crippen LogP contribution in [0.1, 0.15) is 56.6 Å². The van der Waals surface area contributed by atoms with Crippen LogP contribution in [0.5, 0.6) is 0 Å². The second-order valence-electron chi connectivity index (χ2n) is 9.59. The number of carbonyl (C=O) groups excluding carboxylic acids is 2. The quantitative estimate of drug-likeness (QED) is 0.595. The minimum Gasteiger partial charge on any atom is -0.337 e. The molecule has 0 aliphatic carbocycles. The second kappa shape index (κ2) is 11.4. The fourth-order valence-corrected chi connectivity index (χ4v) is 5.66. The van der Waals surface area contributed by atoms with Gasteiger partial charge in [-0.15, -0.1) is 0 Å². The Morgan fingerprint density at radius 1 is 0.971 bits per heavy atom. The minimum absolute atomic E-state index is 0.137. The Labute approximate surface area is 208 Å². The van der Waals surface area contributed by atoms with E-state index in [1.807, 2.05) is 59.2 Å². The number of piperidine rings is 1. The van der Waals surface area contributed by atoms with Gasteiger partial charge in [0.15, 0.2) is 0 Å². The molecule has 0 aromatic heterocycles. The van der Waals surface area contributed by atoms with E-state index < -0.39 is 0 Å². The molecule has 0 N–H and O–H groups in total. The third-order valence-electron chi connectivity index (χ3n) is 7.51. The maximum Gasteiger partial charge on any atom is 0.226 e. The monoisotopic (exact) mass is 481 g/mol. The number of aryl methyl sites for hydroxylation is 1. The summed E-state index contributed by atoms with van der Waals surface area (Å²) in [4.78, 5) is 32.9. The van der Waals surface area contributed by atoms with Crippen LogP contribution >= 0.6 is 11.6 Å². The zero-order chi connectivity index (χ0) is 24.1. The molecule has 2 bridgehead atoms. The van der Waals surface area contributed by atoms with Gasteiger partial charge in [0.1, 0.15) is 0 Å². The summed E-state index contributed by atoms with van der Waals surface area (Å²) in [6.45, 7) is 3.86. The van der Waals surface area contributed by atoms with E-state index in [-0.39, 0.29) is 11.8 Å². The molecule has 0 spiro atoms. The molecule has 5 nitrogen and oxygen atoms in total. The van der Waals surface area contributed by atoms with Crippen molar-refractivity contribution in [1.29, 1.82) is 0 Å². The van der Waals surface area contributed by atoms with E-state index in [4.69, 9.17) is 11.6 Å². The number of benzene rings is 2. The van der Waals surface area contributed by atoms with E-state index in [1.165, 1.54) is 0 Å². The minimum atomic E-state index is 0.137. The van der Waals surface area contributed by atoms with E-state index in [1.54, 1.807) is 0 Å². The molecule has 2 unspecified atom stereocenters. The number of hydrogen-bond acceptors (Lipinski definition) is 3. The first kappa shape index (κ1) is 24.7. The number of fused-ring (bicyclic) bond motifs is 3. The SMILES string of the molecule is CCC(=O)N1CCC2CCCC(CN(C(=O)CCc3ccccc3Cl)Cc3ccccc31)N2C. The van der Waals surface area contributed by atoms with Gasteiger partial charge in [-0.3, -0.25) is 14.5 Å². The highest BCUT2D eigenvalue weighted by molar-refractivity contribution is 6.31. The maximum atomic E-state index is 13.6. The number of rotatable bonds is 4. The Hall–Kier alpha value is -2.37. The Morgan fingerprint density at radius 2 is 1.71 bits per heavy atom. The molecular formula is C28H36ClN3O2. The standard InChI is InChI=1S/C28H36ClN3O2/c1-3-27(33)32-18-17-23-11-8-12-24(30(23)2)20-31(19-22-10-5-7-14-26(22)32)28(34)16-15-21-9-4-6-13-25(21)29/h4-7,9-10,13-14,23-24H,3,8,11-12,15-20H2,1-2H3. The number of likely N-dealkylation sites (N-methyl/N-ethyl adjacent to an activating group) is 1. The molecule has 2 atom stereocenters. The van der Waals surface area contributed by atoms with Crippen molar-refractivity contribution in [3.63, 3.8) is 0 Å². The molecule has 1 saturated heterocycles. The summed E-state index contributed by atoms with van der Waals surface area (Å²) in [6.07, 6.45) is 5.87. The highest BCUT2D eigenvalue weighted by atomic mass is 35.5. The lowest BCUT2D eigenvalue weighted by atomic mass is 9.93. The van der Waals surface area contributed by atoms with Crippen LogP contribution in [0.3, 0.4) is 0 Å². The first-order valence-corrected chi connectivity index (χ1v) is 13.0. The van der Waals surface area contributed by atoms with Crippen molar-refractivity contribution in [3.8, 4) is 0 Å². The van der Waals surface area contributed by atoms with Crippen LogP contribution in [0.4, 0.5) is 5.69 Å². The topological polar surface area (TPSA) is 43.9 Å². The average Bonchev–Trinajstić information content (AvgIpc) is 2.86. The summed E-state index contributed by atoms with van der Waals surface area (Å²) in [5.74, 6) is 0.274. The molecule has 2 aliphatic heterocycles. The Morgan fingerprint density at radius 3 is 2.50 bits per heavy atom. The van der Waals surface area contributed by atoms with E-state index in [0.29, 0.717) is 56.0 Å². The van der Waals surface area contributed by atoms with Crippen LogP contribution in [0.2, 0.25) is 5.02 Å². The molecule has 34 heavy (non-hydrogen) atoms. The molecule has 0 radical (unpaired) electrons. The van der Waals surface area contributed by atoms with Crippen LogP contribution in [0, 0.1) is 0 Å². The number of anilines is 1. The normalized spacial score (nSPS) is 21.5. The lowest BCUT2D eigenvalue weighted by Crippen LogP contribution is -2.50. The summed E-state index contributed by atoms with van der Waals surface area (Å²) < 4.78 is 0. The van der Waals surface area contributed by atoms with E-state index in [9.17, 15) is 9.59 Å². The number of hydrogen-bond donors (Lipinski definition) is 0. The second-order valence-corrected chi connectivity index (χ2v) is 9.99. The molecule has 2 heterocycles. The Kier molecular flexibility index (Phi) is 8.28. The summed E-state index contributed by atoms with van der Waals surface area (Å²) in [6, 6.07) is 16.6. The zero-order valence-corrected chi connectivity index (χ0v) is 21.1. The molecule has 2 amide bonds. The average molecular weight is 482 g/mol. The summed E-state index contributed by atoms with van der Waals surface area (Å²) >= 11 is 6.34. The van der Waals surface area contributed by atoms with Gasteiger partial charge in [-0.05, 0) is 56.0 Å². The third kappa shape index (κ3) is 5.64. The van der Waals surface area contributed by atoms with Gasteiger partial charge >= 0.3 is 0 Å². The van der Waals surface area contributed by atoms with Crippen LogP contribution < -0.4 is 4.90 Å². The smallest absolute Gasteiger partial charge is 0.226 e. The number of para-hydroxylation sites is 1. The van der Waals surface area contributed by atoms with Crippen LogP contribution in [0.15, 0.2) is 48.5 Å². The molecular weight excluding hydrogens is 446 g/mol. The van der Waals surface area contributed by atoms with Crippen molar-refractivity contribution in [2.24, 2.45) is 0 Å². The van der Waals surface area contributed by atoms with Gasteiger partial charge in [-0.25, -0.2) is 0 Å². The number of amides is 2. The molecule has 2 aliphatic rings. The highest BCUT2D eigenvalue weighted by Gasteiger charge is 2.32. The molecule has 6 heteroatoms. The largest absolute Gasteiger partial charge is 0.337 e. The Bertz CT molecular complexity index is 1010. The van der Waals surface area contributed by atoms with Crippen molar-refractivity contribution in [2.45, 2.75) is 70.5 Å². The fourth-order valence-electron chi connectivity index (χ4n) is 5.43. The first-order valence-electron chi connectivity index (χ1n) is 12.6. The van der Waals surface area contributed by atoms with Gasteiger partial charge in [-0.1, -0.05) is 61.3 Å². The predicted molar refractivity (Wildman–Crippen MR) is 138 cm³/mol. The van der Waals surface area contributed by atoms with E-state index in [2.05, 4.69) is 18.0 Å². The maximum absolute atomic E-state index is 13.6. The highest BCUT2D eigenvalue weighted by Crippen LogP contribution is 2.30. The number of halogens is 1. The van der Waals surface area contributed by atoms with Crippen LogP contribution in [0.25, 0.3) is 0 Å². The van der Waals surface area contributed by atoms with E-state index in [0.717, 1.165) is 42.5 Å². The van der Waals surface area contributed by atoms with Gasteiger partial charge in [-0.2, -0.15) is 0 Å². The first-order chi connectivity index (χ1) is 16.5. The molecule has 2 aromatic rings. The van der Waals surface area contributed by atoms with Crippen molar-refractivity contribution in [3.05, 3.63) is 64.7 Å². The van der Waals surface area contributed by atoms with Crippen molar-refractivity contribution in [1.82, 2.24) is 9.80 Å². The molecule has 2 aromatic carbocycles. The third-order valence-corrected chi connectivity index (χ3v) is 7.88. The molecule has 4 rings (SSSR count). The number of carbonyl (C=O) groups is 2. The van der Waals surface area contributed by atoms with Crippen molar-refractivity contribution in [2.75, 3.05) is 25.0 Å². The molecule has 1 fully saturated rings. The zero-order valence-electron chi connectivity index (χ0n) is 20.4. The van der Waals surface area contributed by atoms with Gasteiger partial charge in [0.05, 0.1) is 0 Å². The molecule has 0 saturated carbocycles. The van der Waals surface area contributed by atoms with Crippen LogP contribution in [-0.4, -0.2) is 53.8 Å². The lowest BCUT2D eigenvalue weighted by molar-refractivity contribution is -0.133. The van der Waals surface area contributed by atoms with Gasteiger partial charge in [0, 0.05) is 55.3 Å². The molecule has 182 valence electrons. The van der Waals surface area contributed by atoms with Crippen molar-refractivity contribution >= 4 is 29.1 Å². The van der Waals surface area contributed by atoms with Gasteiger partial charge < -0.3 is 9.80 Å². The summed E-state index contributed by atoms with van der Waals surface area (Å²) in [5, 5.41) is 0.710. The van der Waals surface area contributed by atoms with Gasteiger partial charge in [0.2, 0.25) is 11.8 Å². The fraction of sp³-hybridized carbons (Fsp3) is 0.500. The summed E-state index contributed by atoms with van der Waals surface area (Å²) in [7, 11) is 2.19. The Balaban J connectivity index is 1.64. The lowest BCUT2D eigenvalue weighted by Gasteiger charge is -2.42. The van der Waals surface area contributed by atoms with Crippen LogP contribution in [-0.2, 0) is 22.6 Å². The predicted octanol–water partition coefficient (Wildman–Crippen LogP) is 5.30. The number of nitrogens with zero attached hydrogens (tertiary/aromatic N) is 3. The van der Waals surface area contributed by atoms with E-state index >= 15 is 0 Å². The van der Waals surface area contributed by atoms with Gasteiger partial charge in [0.25, 0.3) is 0 Å².